The molecule has 2 unspecified atom stereocenters. The fourth-order valence-electron chi connectivity index (χ4n) is 0.695. The van der Waals surface area contributed by atoms with Gasteiger partial charge in [0.05, 0.1) is 24.1 Å². The van der Waals surface area contributed by atoms with Gasteiger partial charge < -0.3 is 30.0 Å². The fraction of sp³-hybridized carbons (Fsp3) is 0.800. The minimum atomic E-state index is -1.39. The second kappa shape index (κ2) is 16.1. The van der Waals surface area contributed by atoms with E-state index in [1.165, 1.54) is 23.5 Å². The van der Waals surface area contributed by atoms with Crippen LogP contribution in [0.2, 0.25) is 0 Å². The van der Waals surface area contributed by atoms with Crippen molar-refractivity contribution in [3.63, 3.8) is 0 Å². The third kappa shape index (κ3) is 18.1. The van der Waals surface area contributed by atoms with Gasteiger partial charge in [-0.2, -0.15) is 23.5 Å². The Hall–Kier alpha value is 0.0795. The summed E-state index contributed by atoms with van der Waals surface area (Å²) in [6.07, 6.45) is 1.65. The van der Waals surface area contributed by atoms with E-state index in [2.05, 4.69) is 0 Å². The molecule has 0 aliphatic carbocycles. The SMILES string of the molecule is CSCCC(O)C(=O)[O-].CSCCC(O)C(=O)[O-].[Mn+2]. The predicted molar refractivity (Wildman–Crippen MR) is 68.0 cm³/mol. The first-order valence-electron chi connectivity index (χ1n) is 5.12. The Morgan fingerprint density at radius 2 is 1.21 bits per heavy atom. The van der Waals surface area contributed by atoms with Gasteiger partial charge in [-0.05, 0) is 36.9 Å². The number of rotatable bonds is 8. The van der Waals surface area contributed by atoms with E-state index < -0.39 is 24.1 Å². The third-order valence-electron chi connectivity index (χ3n) is 1.73. The monoisotopic (exact) mass is 353 g/mol. The van der Waals surface area contributed by atoms with Crippen molar-refractivity contribution in [1.82, 2.24) is 0 Å². The van der Waals surface area contributed by atoms with Crippen molar-refractivity contribution < 1.29 is 47.1 Å². The molecule has 9 heteroatoms. The van der Waals surface area contributed by atoms with Gasteiger partial charge in [0.15, 0.2) is 0 Å². The molecule has 0 aromatic rings. The normalized spacial score (nSPS) is 12.4. The predicted octanol–water partition coefficient (Wildman–Crippen LogP) is -2.30. The Morgan fingerprint density at radius 1 is 0.947 bits per heavy atom. The Kier molecular flexibility index (Phi) is 20.5. The first-order chi connectivity index (χ1) is 8.36. The molecule has 19 heavy (non-hydrogen) atoms. The molecule has 0 aliphatic heterocycles. The van der Waals surface area contributed by atoms with E-state index in [9.17, 15) is 19.8 Å². The van der Waals surface area contributed by atoms with E-state index in [-0.39, 0.29) is 29.9 Å². The van der Waals surface area contributed by atoms with E-state index in [0.29, 0.717) is 11.5 Å². The van der Waals surface area contributed by atoms with Gasteiger partial charge in [-0.25, -0.2) is 0 Å². The summed E-state index contributed by atoms with van der Waals surface area (Å²) in [6, 6.07) is 0. The van der Waals surface area contributed by atoms with Crippen LogP contribution in [-0.4, -0.2) is 58.4 Å². The molecule has 0 amide bonds. The van der Waals surface area contributed by atoms with Crippen molar-refractivity contribution in [2.24, 2.45) is 0 Å². The Balaban J connectivity index is -0.000000256. The maximum Gasteiger partial charge on any atom is 2.00 e. The smallest absolute Gasteiger partial charge is 0.547 e. The first kappa shape index (κ1) is 24.1. The average molecular weight is 353 g/mol. The molecule has 0 spiro atoms. The molecule has 6 nitrogen and oxygen atoms in total. The molecular formula is C10H18MnO6S2. The maximum absolute atomic E-state index is 9.83. The molecule has 2 atom stereocenters. The zero-order chi connectivity index (χ0) is 14.6. The van der Waals surface area contributed by atoms with Crippen LogP contribution in [0.5, 0.6) is 0 Å². The molecule has 2 N–H and O–H groups in total. The number of hydrogen-bond acceptors (Lipinski definition) is 8. The van der Waals surface area contributed by atoms with E-state index in [0.717, 1.165) is 0 Å². The second-order valence-corrected chi connectivity index (χ2v) is 5.20. The van der Waals surface area contributed by atoms with Gasteiger partial charge in [0.2, 0.25) is 0 Å². The number of hydrogen-bond donors (Lipinski definition) is 2. The molecule has 1 radical (unpaired) electrons. The molecular weight excluding hydrogens is 335 g/mol. The Bertz CT molecular complexity index is 218. The minimum Gasteiger partial charge on any atom is -0.547 e. The number of thioether (sulfide) groups is 2. The van der Waals surface area contributed by atoms with Crippen molar-refractivity contribution >= 4 is 35.5 Å². The molecule has 0 aromatic heterocycles. The van der Waals surface area contributed by atoms with Gasteiger partial charge in [0.25, 0.3) is 0 Å². The molecule has 0 heterocycles. The van der Waals surface area contributed by atoms with E-state index in [1.54, 1.807) is 0 Å². The van der Waals surface area contributed by atoms with Crippen LogP contribution in [0.4, 0.5) is 0 Å². The summed E-state index contributed by atoms with van der Waals surface area (Å²) in [5, 5.41) is 36.8. The largest absolute Gasteiger partial charge is 2.00 e. The zero-order valence-corrected chi connectivity index (χ0v) is 13.5. The van der Waals surface area contributed by atoms with Crippen LogP contribution in [0, 0.1) is 0 Å². The van der Waals surface area contributed by atoms with Crippen LogP contribution in [0.1, 0.15) is 12.8 Å². The van der Waals surface area contributed by atoms with E-state index in [4.69, 9.17) is 10.2 Å². The van der Waals surface area contributed by atoms with Crippen molar-refractivity contribution in [3.05, 3.63) is 0 Å². The molecule has 0 saturated carbocycles. The molecule has 0 saturated heterocycles. The molecule has 0 fully saturated rings. The summed E-state index contributed by atoms with van der Waals surface area (Å²) in [5.74, 6) is -1.47. The minimum absolute atomic E-state index is 0. The van der Waals surface area contributed by atoms with Crippen molar-refractivity contribution in [1.29, 1.82) is 0 Å². The van der Waals surface area contributed by atoms with Crippen molar-refractivity contribution in [2.75, 3.05) is 24.0 Å². The van der Waals surface area contributed by atoms with Crippen molar-refractivity contribution in [2.45, 2.75) is 25.0 Å². The van der Waals surface area contributed by atoms with Crippen LogP contribution >= 0.6 is 23.5 Å². The number of carboxylic acid groups (broad SMARTS) is 2. The number of aliphatic hydroxyl groups excluding tert-OH is 2. The summed E-state index contributed by atoms with van der Waals surface area (Å²) in [7, 11) is 0. The summed E-state index contributed by atoms with van der Waals surface area (Å²) in [4.78, 5) is 19.7. The fourth-order valence-corrected chi connectivity index (χ4v) is 1.61. The number of aliphatic hydroxyl groups is 2. The van der Waals surface area contributed by atoms with Crippen LogP contribution in [0.15, 0.2) is 0 Å². The maximum atomic E-state index is 9.83. The van der Waals surface area contributed by atoms with Gasteiger partial charge in [-0.1, -0.05) is 0 Å². The van der Waals surface area contributed by atoms with Gasteiger partial charge >= 0.3 is 17.1 Å². The average Bonchev–Trinajstić information content (AvgIpc) is 2.33. The summed E-state index contributed by atoms with van der Waals surface area (Å²) < 4.78 is 0. The topological polar surface area (TPSA) is 121 Å². The van der Waals surface area contributed by atoms with Gasteiger partial charge in [0, 0.05) is 0 Å². The van der Waals surface area contributed by atoms with Gasteiger partial charge in [0.1, 0.15) is 0 Å². The van der Waals surface area contributed by atoms with Crippen LogP contribution in [-0.2, 0) is 26.7 Å². The van der Waals surface area contributed by atoms with Gasteiger partial charge in [-0.15, -0.1) is 0 Å². The summed E-state index contributed by atoms with van der Waals surface area (Å²) in [5.41, 5.74) is 0. The van der Waals surface area contributed by atoms with Crippen LogP contribution < -0.4 is 10.2 Å². The van der Waals surface area contributed by atoms with Crippen LogP contribution in [0.3, 0.4) is 0 Å². The molecule has 0 aromatic carbocycles. The molecule has 0 rings (SSSR count). The van der Waals surface area contributed by atoms with Gasteiger partial charge in [-0.3, -0.25) is 0 Å². The quantitative estimate of drug-likeness (QED) is 0.467. The Morgan fingerprint density at radius 3 is 1.37 bits per heavy atom. The molecule has 0 aliphatic rings. The van der Waals surface area contributed by atoms with E-state index >= 15 is 0 Å². The van der Waals surface area contributed by atoms with Crippen molar-refractivity contribution in [3.8, 4) is 0 Å². The molecule has 113 valence electrons. The molecule has 0 bridgehead atoms. The Labute approximate surface area is 131 Å². The second-order valence-electron chi connectivity index (χ2n) is 3.23. The van der Waals surface area contributed by atoms with E-state index in [1.807, 2.05) is 12.5 Å². The van der Waals surface area contributed by atoms with Crippen LogP contribution in [0.25, 0.3) is 0 Å². The third-order valence-corrected chi connectivity index (χ3v) is 3.02. The number of carbonyl (C=O) groups excluding carboxylic acids is 2. The zero-order valence-electron chi connectivity index (χ0n) is 10.7. The standard InChI is InChI=1S/2C5H10O3S.Mn/c2*1-9-3-2-4(6)5(7)8;/h2*4,6H,2-3H2,1H3,(H,7,8);/q;;+2/p-2. The number of carbonyl (C=O) groups is 2. The first-order valence-corrected chi connectivity index (χ1v) is 7.91. The summed E-state index contributed by atoms with van der Waals surface area (Å²) in [6.45, 7) is 0. The number of aliphatic carboxylic acids is 2. The summed E-state index contributed by atoms with van der Waals surface area (Å²) >= 11 is 2.99. The number of carboxylic acids is 2.